The van der Waals surface area contributed by atoms with Crippen molar-refractivity contribution in [2.75, 3.05) is 6.54 Å². The number of aromatic amines is 1. The summed E-state index contributed by atoms with van der Waals surface area (Å²) in [5.74, 6) is 1.75. The van der Waals surface area contributed by atoms with Crippen LogP contribution in [0.25, 0.3) is 11.0 Å². The van der Waals surface area contributed by atoms with Gasteiger partial charge in [0.2, 0.25) is 0 Å². The Labute approximate surface area is 108 Å². The molecule has 1 fully saturated rings. The van der Waals surface area contributed by atoms with Crippen LogP contribution in [0.3, 0.4) is 0 Å². The first kappa shape index (κ1) is 11.7. The molecule has 0 saturated carbocycles. The maximum Gasteiger partial charge on any atom is 0.110 e. The summed E-state index contributed by atoms with van der Waals surface area (Å²) in [7, 11) is 0. The average molecular weight is 243 g/mol. The minimum absolute atomic E-state index is 0.582. The monoisotopic (exact) mass is 243 g/mol. The molecule has 3 heteroatoms. The summed E-state index contributed by atoms with van der Waals surface area (Å²) < 4.78 is 0. The maximum atomic E-state index is 4.76. The Kier molecular flexibility index (Phi) is 3.08. The van der Waals surface area contributed by atoms with Crippen LogP contribution >= 0.6 is 0 Å². The highest BCUT2D eigenvalue weighted by Gasteiger charge is 2.22. The third-order valence-electron chi connectivity index (χ3n) is 3.98. The Morgan fingerprint density at radius 3 is 3.06 bits per heavy atom. The molecule has 3 rings (SSSR count). The third-order valence-corrected chi connectivity index (χ3v) is 3.98. The van der Waals surface area contributed by atoms with Gasteiger partial charge >= 0.3 is 0 Å². The van der Waals surface area contributed by atoms with E-state index in [9.17, 15) is 0 Å². The van der Waals surface area contributed by atoms with Crippen molar-refractivity contribution in [1.29, 1.82) is 0 Å². The molecule has 0 spiro atoms. The second kappa shape index (κ2) is 4.73. The van der Waals surface area contributed by atoms with Crippen LogP contribution in [0.4, 0.5) is 0 Å². The van der Waals surface area contributed by atoms with Crippen LogP contribution in [-0.2, 0) is 6.42 Å². The van der Waals surface area contributed by atoms with Crippen molar-refractivity contribution in [1.82, 2.24) is 15.3 Å². The summed E-state index contributed by atoms with van der Waals surface area (Å²) in [5, 5.41) is 3.49. The topological polar surface area (TPSA) is 40.7 Å². The van der Waals surface area contributed by atoms with Gasteiger partial charge in [-0.2, -0.15) is 0 Å². The molecular formula is C15H21N3. The van der Waals surface area contributed by atoms with Gasteiger partial charge in [0, 0.05) is 12.0 Å². The average Bonchev–Trinajstić information content (AvgIpc) is 2.81. The molecule has 2 aromatic rings. The lowest BCUT2D eigenvalue weighted by atomic mass is 9.93. The zero-order valence-corrected chi connectivity index (χ0v) is 11.2. The number of piperidine rings is 1. The lowest BCUT2D eigenvalue weighted by Gasteiger charge is -2.26. The van der Waals surface area contributed by atoms with Crippen LogP contribution in [0.15, 0.2) is 18.2 Å². The number of hydrogen-bond acceptors (Lipinski definition) is 2. The summed E-state index contributed by atoms with van der Waals surface area (Å²) in [6, 6.07) is 7.15. The van der Waals surface area contributed by atoms with Crippen LogP contribution in [0.1, 0.15) is 44.0 Å². The molecule has 1 aromatic heterocycles. The van der Waals surface area contributed by atoms with E-state index in [-0.39, 0.29) is 0 Å². The number of aromatic nitrogens is 2. The molecule has 0 aliphatic carbocycles. The van der Waals surface area contributed by atoms with Crippen molar-refractivity contribution in [3.05, 3.63) is 29.6 Å². The molecule has 1 aliphatic rings. The van der Waals surface area contributed by atoms with Gasteiger partial charge in [-0.1, -0.05) is 13.0 Å². The molecule has 2 atom stereocenters. The number of H-pyrrole nitrogens is 1. The van der Waals surface area contributed by atoms with Gasteiger partial charge in [-0.25, -0.2) is 4.98 Å². The SMILES string of the molecule is CCc1ccc2nc(C3CCNC(C)C3)[nH]c2c1. The van der Waals surface area contributed by atoms with Crippen LogP contribution in [-0.4, -0.2) is 22.6 Å². The number of imidazole rings is 1. The Morgan fingerprint density at radius 2 is 2.28 bits per heavy atom. The normalized spacial score (nSPS) is 24.6. The van der Waals surface area contributed by atoms with Crippen molar-refractivity contribution in [3.63, 3.8) is 0 Å². The Morgan fingerprint density at radius 1 is 1.39 bits per heavy atom. The summed E-state index contributed by atoms with van der Waals surface area (Å²) in [4.78, 5) is 8.28. The second-order valence-electron chi connectivity index (χ2n) is 5.40. The Hall–Kier alpha value is -1.35. The molecule has 0 bridgehead atoms. The number of nitrogens with one attached hydrogen (secondary N) is 2. The molecule has 0 radical (unpaired) electrons. The maximum absolute atomic E-state index is 4.76. The Bertz CT molecular complexity index is 544. The summed E-state index contributed by atoms with van der Waals surface area (Å²) in [6.45, 7) is 5.54. The molecule has 1 aromatic carbocycles. The summed E-state index contributed by atoms with van der Waals surface area (Å²) in [5.41, 5.74) is 3.67. The van der Waals surface area contributed by atoms with Gasteiger partial charge in [-0.15, -0.1) is 0 Å². The predicted octanol–water partition coefficient (Wildman–Crippen LogP) is 2.98. The quantitative estimate of drug-likeness (QED) is 0.851. The minimum atomic E-state index is 0.582. The molecular weight excluding hydrogens is 222 g/mol. The molecule has 96 valence electrons. The zero-order valence-electron chi connectivity index (χ0n) is 11.2. The highest BCUT2D eigenvalue weighted by Crippen LogP contribution is 2.27. The van der Waals surface area contributed by atoms with E-state index in [1.807, 2.05) is 0 Å². The van der Waals surface area contributed by atoms with Crippen LogP contribution in [0.2, 0.25) is 0 Å². The fourth-order valence-corrected chi connectivity index (χ4v) is 2.87. The van der Waals surface area contributed by atoms with E-state index in [1.54, 1.807) is 0 Å². The van der Waals surface area contributed by atoms with Crippen LogP contribution in [0, 0.1) is 0 Å². The van der Waals surface area contributed by atoms with E-state index in [4.69, 9.17) is 4.98 Å². The fraction of sp³-hybridized carbons (Fsp3) is 0.533. The highest BCUT2D eigenvalue weighted by molar-refractivity contribution is 5.76. The first-order valence-corrected chi connectivity index (χ1v) is 6.98. The molecule has 2 N–H and O–H groups in total. The third kappa shape index (κ3) is 2.15. The van der Waals surface area contributed by atoms with Gasteiger partial charge in [0.1, 0.15) is 5.82 Å². The van der Waals surface area contributed by atoms with E-state index < -0.39 is 0 Å². The molecule has 3 nitrogen and oxygen atoms in total. The van der Waals surface area contributed by atoms with Gasteiger partial charge in [0.15, 0.2) is 0 Å². The molecule has 2 heterocycles. The number of hydrogen-bond donors (Lipinski definition) is 2. The predicted molar refractivity (Wildman–Crippen MR) is 74.9 cm³/mol. The van der Waals surface area contributed by atoms with E-state index in [1.165, 1.54) is 29.7 Å². The van der Waals surface area contributed by atoms with Crippen molar-refractivity contribution in [2.45, 2.75) is 45.1 Å². The van der Waals surface area contributed by atoms with Crippen molar-refractivity contribution >= 4 is 11.0 Å². The molecule has 2 unspecified atom stereocenters. The van der Waals surface area contributed by atoms with Crippen molar-refractivity contribution in [3.8, 4) is 0 Å². The van der Waals surface area contributed by atoms with Crippen LogP contribution < -0.4 is 5.32 Å². The first-order valence-electron chi connectivity index (χ1n) is 6.98. The zero-order chi connectivity index (χ0) is 12.5. The minimum Gasteiger partial charge on any atom is -0.342 e. The number of rotatable bonds is 2. The molecule has 1 saturated heterocycles. The molecule has 18 heavy (non-hydrogen) atoms. The molecule has 0 amide bonds. The van der Waals surface area contributed by atoms with Gasteiger partial charge in [0.25, 0.3) is 0 Å². The van der Waals surface area contributed by atoms with Gasteiger partial charge < -0.3 is 10.3 Å². The lowest BCUT2D eigenvalue weighted by Crippen LogP contribution is -2.35. The lowest BCUT2D eigenvalue weighted by molar-refractivity contribution is 0.373. The number of benzene rings is 1. The van der Waals surface area contributed by atoms with Gasteiger partial charge in [-0.05, 0) is 50.4 Å². The smallest absolute Gasteiger partial charge is 0.110 e. The molecule has 1 aliphatic heterocycles. The van der Waals surface area contributed by atoms with Gasteiger partial charge in [0.05, 0.1) is 11.0 Å². The Balaban J connectivity index is 1.92. The largest absolute Gasteiger partial charge is 0.342 e. The highest BCUT2D eigenvalue weighted by atomic mass is 15.0. The van der Waals surface area contributed by atoms with Crippen molar-refractivity contribution in [2.24, 2.45) is 0 Å². The summed E-state index contributed by atoms with van der Waals surface area (Å²) >= 11 is 0. The summed E-state index contributed by atoms with van der Waals surface area (Å²) in [6.07, 6.45) is 3.44. The number of fused-ring (bicyclic) bond motifs is 1. The number of nitrogens with zero attached hydrogens (tertiary/aromatic N) is 1. The van der Waals surface area contributed by atoms with E-state index >= 15 is 0 Å². The van der Waals surface area contributed by atoms with E-state index in [2.05, 4.69) is 42.3 Å². The van der Waals surface area contributed by atoms with Gasteiger partial charge in [-0.3, -0.25) is 0 Å². The van der Waals surface area contributed by atoms with Crippen LogP contribution in [0.5, 0.6) is 0 Å². The number of aryl methyl sites for hydroxylation is 1. The van der Waals surface area contributed by atoms with Crippen molar-refractivity contribution < 1.29 is 0 Å². The standard InChI is InChI=1S/C15H21N3/c1-3-11-4-5-13-14(9-11)18-15(17-13)12-6-7-16-10(2)8-12/h4-5,9-10,12,16H,3,6-8H2,1-2H3,(H,17,18). The second-order valence-corrected chi connectivity index (χ2v) is 5.40. The first-order chi connectivity index (χ1) is 8.76. The van der Waals surface area contributed by atoms with E-state index in [0.29, 0.717) is 12.0 Å². The van der Waals surface area contributed by atoms with E-state index in [0.717, 1.165) is 18.5 Å². The fourth-order valence-electron chi connectivity index (χ4n) is 2.87.